The number of rotatable bonds is 8. The maximum Gasteiger partial charge on any atom is 0.486 e. The molecule has 24 heavy (non-hydrogen) atoms. The maximum absolute atomic E-state index is 6.18. The lowest BCUT2D eigenvalue weighted by Gasteiger charge is -2.32. The summed E-state index contributed by atoms with van der Waals surface area (Å²) in [5.74, 6) is 2.01. The van der Waals surface area contributed by atoms with Gasteiger partial charge in [-0.1, -0.05) is 38.2 Å². The van der Waals surface area contributed by atoms with E-state index in [4.69, 9.17) is 18.8 Å². The number of hydrogen-bond acceptors (Lipinski definition) is 4. The SMILES string of the molecule is CCCCCC(/C=C/B1OC(C)(C)C(C)(C)O1)OC1CCCCO1. The third kappa shape index (κ3) is 5.58. The zero-order chi connectivity index (χ0) is 17.6. The average molecular weight is 338 g/mol. The zero-order valence-corrected chi connectivity index (χ0v) is 16.2. The van der Waals surface area contributed by atoms with Crippen LogP contribution in [-0.4, -0.2) is 37.3 Å². The van der Waals surface area contributed by atoms with Crippen molar-refractivity contribution in [2.75, 3.05) is 6.61 Å². The Balaban J connectivity index is 1.91. The van der Waals surface area contributed by atoms with Crippen LogP contribution >= 0.6 is 0 Å². The van der Waals surface area contributed by atoms with Gasteiger partial charge in [0.1, 0.15) is 0 Å². The summed E-state index contributed by atoms with van der Waals surface area (Å²) in [6, 6.07) is 0. The Bertz CT molecular complexity index is 386. The van der Waals surface area contributed by atoms with E-state index in [1.165, 1.54) is 25.7 Å². The first-order chi connectivity index (χ1) is 11.3. The van der Waals surface area contributed by atoms with E-state index in [0.29, 0.717) is 0 Å². The lowest BCUT2D eigenvalue weighted by Crippen LogP contribution is -2.41. The van der Waals surface area contributed by atoms with Crippen LogP contribution in [0, 0.1) is 0 Å². The summed E-state index contributed by atoms with van der Waals surface area (Å²) < 4.78 is 24.0. The van der Waals surface area contributed by atoms with Gasteiger partial charge in [0.2, 0.25) is 0 Å². The third-order valence-electron chi connectivity index (χ3n) is 5.31. The van der Waals surface area contributed by atoms with Crippen molar-refractivity contribution in [3.8, 4) is 0 Å². The third-order valence-corrected chi connectivity index (χ3v) is 5.31. The average Bonchev–Trinajstić information content (AvgIpc) is 2.73. The Labute approximate surface area is 148 Å². The molecule has 2 unspecified atom stereocenters. The van der Waals surface area contributed by atoms with E-state index < -0.39 is 0 Å². The van der Waals surface area contributed by atoms with E-state index in [1.807, 2.05) is 5.98 Å². The van der Waals surface area contributed by atoms with Crippen LogP contribution in [0.4, 0.5) is 0 Å². The van der Waals surface area contributed by atoms with Crippen LogP contribution in [0.15, 0.2) is 12.1 Å². The fraction of sp³-hybridized carbons (Fsp3) is 0.895. The molecule has 2 aliphatic rings. The largest absolute Gasteiger partial charge is 0.486 e. The van der Waals surface area contributed by atoms with Crippen LogP contribution in [0.25, 0.3) is 0 Å². The van der Waals surface area contributed by atoms with E-state index in [-0.39, 0.29) is 30.7 Å². The van der Waals surface area contributed by atoms with E-state index in [9.17, 15) is 0 Å². The van der Waals surface area contributed by atoms with E-state index in [2.05, 4.69) is 40.7 Å². The monoisotopic (exact) mass is 338 g/mol. The summed E-state index contributed by atoms with van der Waals surface area (Å²) in [5, 5.41) is 0. The first-order valence-electron chi connectivity index (χ1n) is 9.65. The molecule has 2 fully saturated rings. The van der Waals surface area contributed by atoms with Crippen molar-refractivity contribution in [2.45, 2.75) is 103 Å². The molecule has 138 valence electrons. The standard InChI is InChI=1S/C19H35BO4/c1-6-7-8-11-16(22-17-12-9-10-15-21-17)13-14-20-23-18(2,3)19(4,5)24-20/h13-14,16-17H,6-12,15H2,1-5H3/b14-13+. The summed E-state index contributed by atoms with van der Waals surface area (Å²) >= 11 is 0. The molecule has 0 aromatic heterocycles. The van der Waals surface area contributed by atoms with Crippen molar-refractivity contribution in [3.63, 3.8) is 0 Å². The van der Waals surface area contributed by atoms with Crippen molar-refractivity contribution < 1.29 is 18.8 Å². The van der Waals surface area contributed by atoms with Gasteiger partial charge in [-0.3, -0.25) is 0 Å². The minimum atomic E-state index is -0.306. The maximum atomic E-state index is 6.18. The van der Waals surface area contributed by atoms with Crippen LogP contribution in [0.5, 0.6) is 0 Å². The zero-order valence-electron chi connectivity index (χ0n) is 16.2. The first kappa shape index (κ1) is 20.0. The van der Waals surface area contributed by atoms with Crippen molar-refractivity contribution in [1.29, 1.82) is 0 Å². The van der Waals surface area contributed by atoms with E-state index >= 15 is 0 Å². The van der Waals surface area contributed by atoms with Gasteiger partial charge < -0.3 is 18.8 Å². The fourth-order valence-corrected chi connectivity index (χ4v) is 3.00. The molecule has 0 aromatic carbocycles. The molecule has 2 saturated heterocycles. The molecule has 0 spiro atoms. The number of unbranched alkanes of at least 4 members (excludes halogenated alkanes) is 2. The second-order valence-corrected chi connectivity index (χ2v) is 7.98. The lowest BCUT2D eigenvalue weighted by molar-refractivity contribution is -0.179. The van der Waals surface area contributed by atoms with Gasteiger partial charge in [0.05, 0.1) is 17.3 Å². The summed E-state index contributed by atoms with van der Waals surface area (Å²) in [7, 11) is -0.306. The highest BCUT2D eigenvalue weighted by Gasteiger charge is 2.50. The number of ether oxygens (including phenoxy) is 2. The van der Waals surface area contributed by atoms with Crippen LogP contribution in [0.1, 0.15) is 79.6 Å². The molecule has 2 atom stereocenters. The highest BCUT2D eigenvalue weighted by Crippen LogP contribution is 2.37. The lowest BCUT2D eigenvalue weighted by atomic mass is 9.89. The molecule has 0 aromatic rings. The van der Waals surface area contributed by atoms with Crippen molar-refractivity contribution in [1.82, 2.24) is 0 Å². The summed E-state index contributed by atoms with van der Waals surface area (Å²) in [6.07, 6.45) is 10.1. The van der Waals surface area contributed by atoms with E-state index in [1.54, 1.807) is 0 Å². The second-order valence-electron chi connectivity index (χ2n) is 7.98. The Morgan fingerprint density at radius 1 is 1.12 bits per heavy atom. The fourth-order valence-electron chi connectivity index (χ4n) is 3.00. The molecular weight excluding hydrogens is 303 g/mol. The molecule has 2 aliphatic heterocycles. The van der Waals surface area contributed by atoms with Crippen LogP contribution < -0.4 is 0 Å². The van der Waals surface area contributed by atoms with Gasteiger partial charge in [0, 0.05) is 6.61 Å². The molecule has 4 nitrogen and oxygen atoms in total. The van der Waals surface area contributed by atoms with Crippen molar-refractivity contribution in [2.24, 2.45) is 0 Å². The summed E-state index contributed by atoms with van der Waals surface area (Å²) in [4.78, 5) is 0. The molecule has 2 rings (SSSR count). The molecule has 0 N–H and O–H groups in total. The molecular formula is C19H35BO4. The van der Waals surface area contributed by atoms with Crippen LogP contribution in [0.2, 0.25) is 0 Å². The van der Waals surface area contributed by atoms with Gasteiger partial charge in [0.25, 0.3) is 0 Å². The first-order valence-corrected chi connectivity index (χ1v) is 9.65. The predicted octanol–water partition coefficient (Wildman–Crippen LogP) is 4.67. The Morgan fingerprint density at radius 2 is 1.83 bits per heavy atom. The minimum absolute atomic E-state index is 0.0617. The van der Waals surface area contributed by atoms with Crippen molar-refractivity contribution in [3.05, 3.63) is 12.1 Å². The molecule has 0 amide bonds. The van der Waals surface area contributed by atoms with Crippen molar-refractivity contribution >= 4 is 7.12 Å². The Kier molecular flexibility index (Phi) is 7.35. The quantitative estimate of drug-likeness (QED) is 0.476. The number of hydrogen-bond donors (Lipinski definition) is 0. The molecule has 0 bridgehead atoms. The second kappa shape index (κ2) is 8.84. The molecule has 0 radical (unpaired) electrons. The van der Waals surface area contributed by atoms with Gasteiger partial charge >= 0.3 is 7.12 Å². The highest BCUT2D eigenvalue weighted by atomic mass is 16.7. The Hall–Kier alpha value is -0.355. The topological polar surface area (TPSA) is 36.9 Å². The predicted molar refractivity (Wildman–Crippen MR) is 97.8 cm³/mol. The van der Waals surface area contributed by atoms with Gasteiger partial charge in [-0.2, -0.15) is 0 Å². The molecule has 0 saturated carbocycles. The van der Waals surface area contributed by atoms with E-state index in [0.717, 1.165) is 25.9 Å². The Morgan fingerprint density at radius 3 is 2.42 bits per heavy atom. The summed E-state index contributed by atoms with van der Waals surface area (Å²) in [6.45, 7) is 11.3. The van der Waals surface area contributed by atoms with Gasteiger partial charge in [-0.25, -0.2) is 0 Å². The van der Waals surface area contributed by atoms with Crippen LogP contribution in [0.3, 0.4) is 0 Å². The van der Waals surface area contributed by atoms with Crippen LogP contribution in [-0.2, 0) is 18.8 Å². The van der Waals surface area contributed by atoms with Gasteiger partial charge in [-0.15, -0.1) is 0 Å². The highest BCUT2D eigenvalue weighted by molar-refractivity contribution is 6.51. The van der Waals surface area contributed by atoms with Gasteiger partial charge in [-0.05, 0) is 53.4 Å². The normalized spacial score (nSPS) is 27.7. The molecule has 5 heteroatoms. The summed E-state index contributed by atoms with van der Waals surface area (Å²) in [5.41, 5.74) is -0.597. The smallest absolute Gasteiger partial charge is 0.400 e. The van der Waals surface area contributed by atoms with Gasteiger partial charge in [0.15, 0.2) is 6.29 Å². The minimum Gasteiger partial charge on any atom is -0.400 e. The molecule has 0 aliphatic carbocycles. The molecule has 2 heterocycles.